The zero-order chi connectivity index (χ0) is 82.9. The first-order chi connectivity index (χ1) is 61.9. The summed E-state index contributed by atoms with van der Waals surface area (Å²) in [5.74, 6) is 1.37. The van der Waals surface area contributed by atoms with Crippen molar-refractivity contribution in [2.75, 3.05) is 0 Å². The molecule has 0 amide bonds. The Kier molecular flexibility index (Phi) is 19.5. The molecule has 7 heteroatoms. The Balaban J connectivity index is 0.000000148. The minimum Gasteiger partial charge on any atom is -0.309 e. The molecule has 7 nitrogen and oxygen atoms in total. The molecule has 5 heterocycles. The van der Waals surface area contributed by atoms with E-state index < -0.39 is 0 Å². The Morgan fingerprint density at radius 3 is 0.832 bits per heavy atom. The van der Waals surface area contributed by atoms with Gasteiger partial charge in [-0.05, 0) is 152 Å². The van der Waals surface area contributed by atoms with E-state index in [-0.39, 0.29) is 0 Å². The highest BCUT2D eigenvalue weighted by Gasteiger charge is 2.22. The second kappa shape index (κ2) is 32.8. The molecular formula is C118H77N7. The number of nitrogens with zero attached hydrogens (tertiary/aromatic N) is 7. The quantitative estimate of drug-likeness (QED) is 0.0951. The summed E-state index contributed by atoms with van der Waals surface area (Å²) in [5.41, 5.74) is 32.9. The molecule has 0 aliphatic carbocycles. The van der Waals surface area contributed by atoms with Crippen LogP contribution in [0.2, 0.25) is 0 Å². The molecule has 23 rings (SSSR count). The molecule has 0 radical (unpaired) electrons. The normalized spacial score (nSPS) is 11.4. The van der Waals surface area contributed by atoms with E-state index in [9.17, 15) is 0 Å². The summed E-state index contributed by atoms with van der Waals surface area (Å²) in [5, 5.41) is 9.47. The first kappa shape index (κ1) is 74.5. The van der Waals surface area contributed by atoms with Crippen molar-refractivity contribution in [1.29, 1.82) is 0 Å². The number of fused-ring (bicyclic) bond motifs is 9. The fourth-order valence-corrected chi connectivity index (χ4v) is 17.8. The van der Waals surface area contributed by atoms with E-state index in [0.29, 0.717) is 11.6 Å². The Morgan fingerprint density at radius 2 is 0.424 bits per heavy atom. The number of hydrogen-bond acceptors (Lipinski definition) is 6. The number of aromatic nitrogens is 7. The molecule has 0 unspecified atom stereocenters. The molecule has 18 aromatic carbocycles. The molecule has 5 aromatic heterocycles. The Bertz CT molecular complexity index is 7850. The van der Waals surface area contributed by atoms with Crippen LogP contribution in [0.1, 0.15) is 0 Å². The van der Waals surface area contributed by atoms with E-state index in [1.165, 1.54) is 49.3 Å². The minimum atomic E-state index is 0.681. The second-order valence-electron chi connectivity index (χ2n) is 31.6. The van der Waals surface area contributed by atoms with Crippen molar-refractivity contribution in [3.8, 4) is 163 Å². The largest absolute Gasteiger partial charge is 0.309 e. The van der Waals surface area contributed by atoms with Crippen molar-refractivity contribution < 1.29 is 0 Å². The van der Waals surface area contributed by atoms with Gasteiger partial charge in [0, 0.05) is 93.3 Å². The smallest absolute Gasteiger partial charge is 0.160 e. The molecule has 0 aliphatic rings. The Labute approximate surface area is 724 Å². The average molecular weight is 1590 g/mol. The maximum absolute atomic E-state index is 5.29. The molecule has 0 saturated carbocycles. The first-order valence-corrected chi connectivity index (χ1v) is 42.4. The van der Waals surface area contributed by atoms with E-state index in [2.05, 4.69) is 447 Å². The van der Waals surface area contributed by atoms with E-state index in [1.807, 2.05) is 24.3 Å². The van der Waals surface area contributed by atoms with E-state index in [1.54, 1.807) is 0 Å². The third kappa shape index (κ3) is 14.6. The van der Waals surface area contributed by atoms with Crippen LogP contribution in [0.15, 0.2) is 467 Å². The Morgan fingerprint density at radius 1 is 0.152 bits per heavy atom. The fraction of sp³-hybridized carbons (Fsp3) is 0. The van der Waals surface area contributed by atoms with Crippen LogP contribution in [-0.2, 0) is 0 Å². The van der Waals surface area contributed by atoms with Crippen LogP contribution in [0.25, 0.3) is 228 Å². The lowest BCUT2D eigenvalue weighted by molar-refractivity contribution is 1.17. The van der Waals surface area contributed by atoms with E-state index in [4.69, 9.17) is 29.9 Å². The highest BCUT2D eigenvalue weighted by molar-refractivity contribution is 6.19. The van der Waals surface area contributed by atoms with Gasteiger partial charge < -0.3 is 4.57 Å². The van der Waals surface area contributed by atoms with Crippen LogP contribution in [0.3, 0.4) is 0 Å². The van der Waals surface area contributed by atoms with Crippen LogP contribution in [0.4, 0.5) is 0 Å². The van der Waals surface area contributed by atoms with Gasteiger partial charge in [0.05, 0.1) is 56.2 Å². The van der Waals surface area contributed by atoms with Gasteiger partial charge in [0.2, 0.25) is 0 Å². The molecule has 0 aliphatic heterocycles. The molecule has 0 bridgehead atoms. The number of para-hydroxylation sites is 4. The zero-order valence-electron chi connectivity index (χ0n) is 68.1. The lowest BCUT2D eigenvalue weighted by Gasteiger charge is -2.15. The molecule has 0 spiro atoms. The summed E-state index contributed by atoms with van der Waals surface area (Å²) in [4.78, 5) is 31.3. The van der Waals surface area contributed by atoms with Crippen molar-refractivity contribution in [2.45, 2.75) is 0 Å². The monoisotopic (exact) mass is 1590 g/mol. The summed E-state index contributed by atoms with van der Waals surface area (Å²) in [6.07, 6.45) is 0. The van der Waals surface area contributed by atoms with Crippen LogP contribution >= 0.6 is 0 Å². The molecule has 584 valence electrons. The predicted molar refractivity (Wildman–Crippen MR) is 520 cm³/mol. The summed E-state index contributed by atoms with van der Waals surface area (Å²) in [7, 11) is 0. The van der Waals surface area contributed by atoms with Gasteiger partial charge in [-0.3, -0.25) is 0 Å². The van der Waals surface area contributed by atoms with Crippen LogP contribution < -0.4 is 0 Å². The van der Waals surface area contributed by atoms with Gasteiger partial charge in [0.1, 0.15) is 0 Å². The van der Waals surface area contributed by atoms with Crippen LogP contribution in [-0.4, -0.2) is 34.5 Å². The van der Waals surface area contributed by atoms with Crippen LogP contribution in [0, 0.1) is 0 Å². The minimum absolute atomic E-state index is 0.681. The lowest BCUT2D eigenvalue weighted by atomic mass is 9.91. The van der Waals surface area contributed by atoms with Gasteiger partial charge in [-0.1, -0.05) is 382 Å². The van der Waals surface area contributed by atoms with Crippen molar-refractivity contribution in [3.63, 3.8) is 0 Å². The SMILES string of the molecule is c1ccc(-c2cccc(-c3cc(-c4cccc(-c5cccc(-c6cccc7c(-c8ccccc8)nc8ccccc8c67)c5)c4)nc(-c4cccc(-c5ccccc5)c4)n3)c2)cc1.c1ccc(-c2nc(-c3ccc(-n4c5ccccc5c5ccccc54)cc3)cc(-c3cccc(-c4cccc(-c5cccc6c(-c7ccccc7)nc7ccccc7c56)c4)c3)n2)cc1. The third-order valence-electron chi connectivity index (χ3n) is 23.9. The number of benzene rings is 18. The highest BCUT2D eigenvalue weighted by Crippen LogP contribution is 2.45. The molecule has 0 atom stereocenters. The molecular weight excluding hydrogens is 1520 g/mol. The highest BCUT2D eigenvalue weighted by atomic mass is 15.0. The standard InChI is InChI=1S/C59H38N4.C59H39N3/c1-3-16-40(17-4-1)58-51-28-15-27-47(57(51)50-26-7-10-29-52(50)60-58)44-22-13-20-42(36-44)43-21-14-23-45(37-43)54-38-53(61-59(62-54)41-18-5-2-6-19-41)39-32-34-46(35-33-39)63-55-30-11-8-24-48(55)49-25-9-12-31-56(49)63;1-4-17-40(18-5-1)43-23-13-28-48(36-43)55-39-56(62-59(61-55)50-30-15-24-44(38-50)41-19-6-2-7-20-41)49-29-14-26-46(37-49)45-25-12-27-47(35-45)51-32-16-33-53-57(51)52-31-10-11-34-54(52)60-58(53)42-21-8-3-9-22-42/h1-38H;1-39H. The summed E-state index contributed by atoms with van der Waals surface area (Å²) < 4.78 is 2.34. The van der Waals surface area contributed by atoms with Gasteiger partial charge >= 0.3 is 0 Å². The van der Waals surface area contributed by atoms with Crippen molar-refractivity contribution >= 4 is 65.2 Å². The molecule has 125 heavy (non-hydrogen) atoms. The van der Waals surface area contributed by atoms with Crippen LogP contribution in [0.5, 0.6) is 0 Å². The second-order valence-corrected chi connectivity index (χ2v) is 31.6. The fourth-order valence-electron chi connectivity index (χ4n) is 17.8. The van der Waals surface area contributed by atoms with Gasteiger partial charge in [-0.25, -0.2) is 29.9 Å². The van der Waals surface area contributed by atoms with E-state index in [0.717, 1.165) is 167 Å². The number of pyridine rings is 2. The average Bonchev–Trinajstić information content (AvgIpc) is 1.62. The molecule has 0 saturated heterocycles. The van der Waals surface area contributed by atoms with Crippen molar-refractivity contribution in [2.24, 2.45) is 0 Å². The molecule has 0 N–H and O–H groups in total. The van der Waals surface area contributed by atoms with E-state index >= 15 is 0 Å². The number of rotatable bonds is 15. The Hall–Kier alpha value is -16.7. The molecule has 0 fully saturated rings. The maximum atomic E-state index is 5.29. The zero-order valence-corrected chi connectivity index (χ0v) is 68.1. The summed E-state index contributed by atoms with van der Waals surface area (Å²) in [6.45, 7) is 0. The number of hydrogen-bond donors (Lipinski definition) is 0. The molecule has 23 aromatic rings. The van der Waals surface area contributed by atoms with Gasteiger partial charge in [0.25, 0.3) is 0 Å². The van der Waals surface area contributed by atoms with Gasteiger partial charge in [-0.15, -0.1) is 0 Å². The van der Waals surface area contributed by atoms with Gasteiger partial charge in [0.15, 0.2) is 11.6 Å². The van der Waals surface area contributed by atoms with Gasteiger partial charge in [-0.2, -0.15) is 0 Å². The summed E-state index contributed by atoms with van der Waals surface area (Å²) in [6, 6.07) is 165. The third-order valence-corrected chi connectivity index (χ3v) is 23.9. The van der Waals surface area contributed by atoms with Crippen molar-refractivity contribution in [1.82, 2.24) is 34.5 Å². The first-order valence-electron chi connectivity index (χ1n) is 42.4. The van der Waals surface area contributed by atoms with Crippen molar-refractivity contribution in [3.05, 3.63) is 467 Å². The summed E-state index contributed by atoms with van der Waals surface area (Å²) >= 11 is 0. The topological polar surface area (TPSA) is 82.3 Å². The maximum Gasteiger partial charge on any atom is 0.160 e. The lowest BCUT2D eigenvalue weighted by Crippen LogP contribution is -1.97. The predicted octanol–water partition coefficient (Wildman–Crippen LogP) is 30.8.